The highest BCUT2D eigenvalue weighted by molar-refractivity contribution is 9.10. The summed E-state index contributed by atoms with van der Waals surface area (Å²) < 4.78 is 6.06. The third-order valence-corrected chi connectivity index (χ3v) is 3.36. The van der Waals surface area contributed by atoms with Crippen molar-refractivity contribution in [3.63, 3.8) is 0 Å². The zero-order valence-electron chi connectivity index (χ0n) is 11.1. The van der Waals surface area contributed by atoms with Gasteiger partial charge in [0.1, 0.15) is 5.75 Å². The number of benzene rings is 2. The minimum absolute atomic E-state index is 0.330. The largest absolute Gasteiger partial charge is 0.496 e. The molecule has 108 valence electrons. The number of halogens is 2. The van der Waals surface area contributed by atoms with Gasteiger partial charge in [-0.25, -0.2) is 5.43 Å². The van der Waals surface area contributed by atoms with E-state index in [9.17, 15) is 4.79 Å². The summed E-state index contributed by atoms with van der Waals surface area (Å²) in [4.78, 5) is 12.1. The molecule has 0 aliphatic rings. The van der Waals surface area contributed by atoms with Crippen molar-refractivity contribution < 1.29 is 9.53 Å². The molecule has 2 rings (SSSR count). The van der Waals surface area contributed by atoms with Gasteiger partial charge in [0.05, 0.1) is 18.9 Å². The summed E-state index contributed by atoms with van der Waals surface area (Å²) in [5.74, 6) is 0.0511. The zero-order valence-corrected chi connectivity index (χ0v) is 13.5. The third kappa shape index (κ3) is 4.31. The highest BCUT2D eigenvalue weighted by Gasteiger charge is 2.11. The van der Waals surface area contributed by atoms with Crippen LogP contribution >= 0.6 is 27.5 Å². The molecule has 6 heteroatoms. The van der Waals surface area contributed by atoms with Gasteiger partial charge in [-0.2, -0.15) is 5.10 Å². The van der Waals surface area contributed by atoms with Crippen molar-refractivity contribution in [1.82, 2.24) is 5.43 Å². The molecule has 21 heavy (non-hydrogen) atoms. The second-order valence-electron chi connectivity index (χ2n) is 4.10. The normalized spacial score (nSPS) is 10.6. The summed E-state index contributed by atoms with van der Waals surface area (Å²) in [6, 6.07) is 12.4. The quantitative estimate of drug-likeness (QED) is 0.659. The smallest absolute Gasteiger partial charge is 0.275 e. The second-order valence-corrected chi connectivity index (χ2v) is 5.45. The summed E-state index contributed by atoms with van der Waals surface area (Å²) in [6.07, 6.45) is 1.56. The molecule has 0 unspecified atom stereocenters. The van der Waals surface area contributed by atoms with Crippen LogP contribution in [0.15, 0.2) is 52.0 Å². The average molecular weight is 368 g/mol. The first kappa shape index (κ1) is 15.5. The Balaban J connectivity index is 2.10. The standard InChI is InChI=1S/C15H12BrClN2O2/c1-21-14-6-5-12(17)8-13(14)15(20)19-18-9-10-3-2-4-11(16)7-10/h2-9H,1H3,(H,19,20)/b18-9+. The Morgan fingerprint density at radius 1 is 1.33 bits per heavy atom. The first-order chi connectivity index (χ1) is 10.1. The predicted molar refractivity (Wildman–Crippen MR) is 87.2 cm³/mol. The van der Waals surface area contributed by atoms with Gasteiger partial charge in [0, 0.05) is 9.50 Å². The lowest BCUT2D eigenvalue weighted by atomic mass is 10.2. The maximum Gasteiger partial charge on any atom is 0.275 e. The Morgan fingerprint density at radius 2 is 2.14 bits per heavy atom. The lowest BCUT2D eigenvalue weighted by molar-refractivity contribution is 0.0952. The van der Waals surface area contributed by atoms with Gasteiger partial charge in [0.15, 0.2) is 0 Å². The number of hydrogen-bond acceptors (Lipinski definition) is 3. The molecule has 0 fully saturated rings. The molecule has 0 radical (unpaired) electrons. The molecule has 0 atom stereocenters. The molecule has 1 amide bonds. The summed E-state index contributed by atoms with van der Waals surface area (Å²) >= 11 is 9.25. The lowest BCUT2D eigenvalue weighted by Gasteiger charge is -2.07. The number of rotatable bonds is 4. The van der Waals surface area contributed by atoms with Crippen LogP contribution in [0.5, 0.6) is 5.75 Å². The van der Waals surface area contributed by atoms with Crippen LogP contribution in [-0.2, 0) is 0 Å². The molecule has 4 nitrogen and oxygen atoms in total. The van der Waals surface area contributed by atoms with Crippen LogP contribution < -0.4 is 10.2 Å². The molecule has 0 bridgehead atoms. The summed E-state index contributed by atoms with van der Waals surface area (Å²) in [5, 5.41) is 4.38. The molecule has 0 aliphatic heterocycles. The zero-order chi connectivity index (χ0) is 15.2. The fraction of sp³-hybridized carbons (Fsp3) is 0.0667. The van der Waals surface area contributed by atoms with Gasteiger partial charge in [-0.15, -0.1) is 0 Å². The van der Waals surface area contributed by atoms with Crippen molar-refractivity contribution in [2.45, 2.75) is 0 Å². The van der Waals surface area contributed by atoms with E-state index >= 15 is 0 Å². The van der Waals surface area contributed by atoms with Crippen molar-refractivity contribution in [3.8, 4) is 5.75 Å². The molecule has 0 saturated heterocycles. The van der Waals surface area contributed by atoms with E-state index in [-0.39, 0.29) is 5.91 Å². The van der Waals surface area contributed by atoms with Gasteiger partial charge in [-0.3, -0.25) is 4.79 Å². The van der Waals surface area contributed by atoms with E-state index in [0.717, 1.165) is 10.0 Å². The summed E-state index contributed by atoms with van der Waals surface area (Å²) in [5.41, 5.74) is 3.64. The number of carbonyl (C=O) groups excluding carboxylic acids is 1. The minimum Gasteiger partial charge on any atom is -0.496 e. The van der Waals surface area contributed by atoms with Crippen molar-refractivity contribution in [3.05, 3.63) is 63.1 Å². The molecule has 1 N–H and O–H groups in total. The SMILES string of the molecule is COc1ccc(Cl)cc1C(=O)N/N=C/c1cccc(Br)c1. The number of carbonyl (C=O) groups is 1. The number of methoxy groups -OCH3 is 1. The topological polar surface area (TPSA) is 50.7 Å². The van der Waals surface area contributed by atoms with Crippen LogP contribution in [0.1, 0.15) is 15.9 Å². The van der Waals surface area contributed by atoms with Crippen molar-refractivity contribution in [2.75, 3.05) is 7.11 Å². The molecular weight excluding hydrogens is 356 g/mol. The van der Waals surface area contributed by atoms with Crippen molar-refractivity contribution in [1.29, 1.82) is 0 Å². The Bertz CT molecular complexity index is 689. The Kier molecular flexibility index (Phi) is 5.36. The maximum absolute atomic E-state index is 12.1. The highest BCUT2D eigenvalue weighted by atomic mass is 79.9. The first-order valence-corrected chi connectivity index (χ1v) is 7.20. The van der Waals surface area contributed by atoms with E-state index in [0.29, 0.717) is 16.3 Å². The molecule has 2 aromatic carbocycles. The van der Waals surface area contributed by atoms with Crippen LogP contribution in [0.4, 0.5) is 0 Å². The molecule has 0 saturated carbocycles. The Hall–Kier alpha value is -1.85. The molecule has 0 spiro atoms. The number of hydrazone groups is 1. The third-order valence-electron chi connectivity index (χ3n) is 2.63. The average Bonchev–Trinajstić information content (AvgIpc) is 2.47. The van der Waals surface area contributed by atoms with Gasteiger partial charge in [-0.1, -0.05) is 39.7 Å². The molecule has 0 aromatic heterocycles. The van der Waals surface area contributed by atoms with E-state index < -0.39 is 0 Å². The monoisotopic (exact) mass is 366 g/mol. The molecule has 2 aromatic rings. The molecule has 0 heterocycles. The van der Waals surface area contributed by atoms with Gasteiger partial charge < -0.3 is 4.74 Å². The van der Waals surface area contributed by atoms with Gasteiger partial charge in [0.25, 0.3) is 5.91 Å². The van der Waals surface area contributed by atoms with Crippen LogP contribution in [0, 0.1) is 0 Å². The maximum atomic E-state index is 12.1. The fourth-order valence-electron chi connectivity index (χ4n) is 1.67. The minimum atomic E-state index is -0.388. The van der Waals surface area contributed by atoms with Crippen LogP contribution in [-0.4, -0.2) is 19.2 Å². The lowest BCUT2D eigenvalue weighted by Crippen LogP contribution is -2.18. The number of nitrogens with one attached hydrogen (secondary N) is 1. The van der Waals surface area contributed by atoms with E-state index in [1.807, 2.05) is 24.3 Å². The van der Waals surface area contributed by atoms with Gasteiger partial charge in [-0.05, 0) is 35.9 Å². The number of ether oxygens (including phenoxy) is 1. The predicted octanol–water partition coefficient (Wildman–Crippen LogP) is 3.88. The summed E-state index contributed by atoms with van der Waals surface area (Å²) in [7, 11) is 1.49. The number of hydrogen-bond donors (Lipinski definition) is 1. The molecule has 0 aliphatic carbocycles. The van der Waals surface area contributed by atoms with Crippen molar-refractivity contribution in [2.24, 2.45) is 5.10 Å². The van der Waals surface area contributed by atoms with Crippen LogP contribution in [0.3, 0.4) is 0 Å². The Morgan fingerprint density at radius 3 is 2.86 bits per heavy atom. The Labute approximate surface area is 135 Å². The van der Waals surface area contributed by atoms with E-state index in [2.05, 4.69) is 26.5 Å². The number of nitrogens with zero attached hydrogens (tertiary/aromatic N) is 1. The van der Waals surface area contributed by atoms with Gasteiger partial charge >= 0.3 is 0 Å². The highest BCUT2D eigenvalue weighted by Crippen LogP contribution is 2.22. The first-order valence-electron chi connectivity index (χ1n) is 6.02. The summed E-state index contributed by atoms with van der Waals surface area (Å²) in [6.45, 7) is 0. The van der Waals surface area contributed by atoms with E-state index in [1.54, 1.807) is 18.3 Å². The van der Waals surface area contributed by atoms with E-state index in [1.165, 1.54) is 13.2 Å². The van der Waals surface area contributed by atoms with E-state index in [4.69, 9.17) is 16.3 Å². The van der Waals surface area contributed by atoms with Gasteiger partial charge in [0.2, 0.25) is 0 Å². The number of amides is 1. The molecular formula is C15H12BrClN2O2. The van der Waals surface area contributed by atoms with Crippen molar-refractivity contribution >= 4 is 39.7 Å². The fourth-order valence-corrected chi connectivity index (χ4v) is 2.26. The van der Waals surface area contributed by atoms with Crippen LogP contribution in [0.25, 0.3) is 0 Å². The second kappa shape index (κ2) is 7.24. The van der Waals surface area contributed by atoms with Crippen LogP contribution in [0.2, 0.25) is 5.02 Å².